The largest absolute Gasteiger partial charge is 0.486 e. The summed E-state index contributed by atoms with van der Waals surface area (Å²) < 4.78 is 10.1. The van der Waals surface area contributed by atoms with Crippen LogP contribution in [0.3, 0.4) is 0 Å². The summed E-state index contributed by atoms with van der Waals surface area (Å²) in [4.78, 5) is 22.6. The van der Waals surface area contributed by atoms with Crippen LogP contribution in [0.5, 0.6) is 5.75 Å². The molecule has 0 unspecified atom stereocenters. The molecule has 19 heavy (non-hydrogen) atoms. The van der Waals surface area contributed by atoms with Gasteiger partial charge in [0, 0.05) is 0 Å². The van der Waals surface area contributed by atoms with Crippen molar-refractivity contribution in [2.24, 2.45) is 0 Å². The van der Waals surface area contributed by atoms with E-state index in [0.717, 1.165) is 12.8 Å². The Morgan fingerprint density at radius 1 is 1.21 bits per heavy atom. The van der Waals surface area contributed by atoms with Crippen LogP contribution < -0.4 is 4.74 Å². The maximum absolute atomic E-state index is 11.5. The number of esters is 1. The zero-order chi connectivity index (χ0) is 13.7. The van der Waals surface area contributed by atoms with E-state index in [0.29, 0.717) is 5.75 Å². The van der Waals surface area contributed by atoms with Crippen molar-refractivity contribution in [3.05, 3.63) is 29.3 Å². The van der Waals surface area contributed by atoms with Crippen LogP contribution in [0.25, 0.3) is 0 Å². The van der Waals surface area contributed by atoms with E-state index < -0.39 is 5.97 Å². The number of carbonyl (C=O) groups is 2. The van der Waals surface area contributed by atoms with E-state index in [9.17, 15) is 9.59 Å². The number of hydrogen-bond donors (Lipinski definition) is 0. The summed E-state index contributed by atoms with van der Waals surface area (Å²) in [6, 6.07) is 5.91. The Hall–Kier alpha value is -1.84. The van der Waals surface area contributed by atoms with E-state index in [1.165, 1.54) is 17.5 Å². The van der Waals surface area contributed by atoms with Gasteiger partial charge in [0.1, 0.15) is 18.8 Å². The maximum Gasteiger partial charge on any atom is 0.313 e. The zero-order valence-corrected chi connectivity index (χ0v) is 11.1. The molecule has 0 radical (unpaired) electrons. The number of fused-ring (bicyclic) bond motifs is 1. The molecule has 1 aliphatic carbocycles. The van der Waals surface area contributed by atoms with Gasteiger partial charge in [-0.3, -0.25) is 9.59 Å². The molecule has 0 aliphatic heterocycles. The minimum absolute atomic E-state index is 0.0857. The van der Waals surface area contributed by atoms with Gasteiger partial charge in [-0.25, -0.2) is 0 Å². The van der Waals surface area contributed by atoms with Crippen LogP contribution in [-0.4, -0.2) is 25.0 Å². The van der Waals surface area contributed by atoms with E-state index in [2.05, 4.69) is 0 Å². The molecular formula is C15H18O4. The molecule has 2 rings (SSSR count). The Morgan fingerprint density at radius 3 is 2.79 bits per heavy atom. The first-order valence-electron chi connectivity index (χ1n) is 6.61. The Bertz CT molecular complexity index is 479. The molecule has 0 N–H and O–H groups in total. The molecule has 0 saturated carbocycles. The Balaban J connectivity index is 1.82. The number of carbonyl (C=O) groups excluding carboxylic acids is 2. The highest BCUT2D eigenvalue weighted by Gasteiger charge is 2.13. The second-order valence-electron chi connectivity index (χ2n) is 4.59. The Morgan fingerprint density at radius 2 is 2.00 bits per heavy atom. The summed E-state index contributed by atoms with van der Waals surface area (Å²) in [5, 5.41) is 0. The monoisotopic (exact) mass is 262 g/mol. The Kier molecular flexibility index (Phi) is 4.55. The summed E-state index contributed by atoms with van der Waals surface area (Å²) in [5.41, 5.74) is 2.67. The third kappa shape index (κ3) is 3.81. The normalized spacial score (nSPS) is 12.9. The number of benzene rings is 1. The highest BCUT2D eigenvalue weighted by atomic mass is 16.5. The number of aryl methyl sites for hydroxylation is 2. The van der Waals surface area contributed by atoms with Crippen molar-refractivity contribution in [2.45, 2.75) is 32.6 Å². The number of ether oxygens (including phenoxy) is 2. The fourth-order valence-corrected chi connectivity index (χ4v) is 2.23. The van der Waals surface area contributed by atoms with Gasteiger partial charge in [0.25, 0.3) is 0 Å². The molecule has 4 heteroatoms. The summed E-state index contributed by atoms with van der Waals surface area (Å²) in [6.45, 7) is 1.92. The molecule has 0 bridgehead atoms. The average molecular weight is 262 g/mol. The van der Waals surface area contributed by atoms with Gasteiger partial charge in [0.05, 0.1) is 6.61 Å². The van der Waals surface area contributed by atoms with E-state index in [-0.39, 0.29) is 25.4 Å². The van der Waals surface area contributed by atoms with Gasteiger partial charge in [-0.15, -0.1) is 0 Å². The van der Waals surface area contributed by atoms with Crippen LogP contribution in [0.1, 0.15) is 30.9 Å². The van der Waals surface area contributed by atoms with E-state index in [4.69, 9.17) is 9.47 Å². The quantitative estimate of drug-likeness (QED) is 0.582. The first-order chi connectivity index (χ1) is 9.19. The molecule has 0 heterocycles. The SMILES string of the molecule is CCOC(=O)CC(=O)COc1ccc2c(c1)CCC2. The first-order valence-corrected chi connectivity index (χ1v) is 6.61. The highest BCUT2D eigenvalue weighted by molar-refractivity contribution is 5.96. The van der Waals surface area contributed by atoms with Crippen LogP contribution in [0.2, 0.25) is 0 Å². The minimum atomic E-state index is -0.495. The summed E-state index contributed by atoms with van der Waals surface area (Å²) >= 11 is 0. The molecule has 0 saturated heterocycles. The van der Waals surface area contributed by atoms with Crippen molar-refractivity contribution >= 4 is 11.8 Å². The molecule has 0 spiro atoms. The summed E-state index contributed by atoms with van der Waals surface area (Å²) in [5.74, 6) is -0.0677. The number of rotatable bonds is 6. The zero-order valence-electron chi connectivity index (χ0n) is 11.1. The third-order valence-corrected chi connectivity index (χ3v) is 3.12. The molecular weight excluding hydrogens is 244 g/mol. The van der Waals surface area contributed by atoms with Gasteiger partial charge in [-0.05, 0) is 49.4 Å². The summed E-state index contributed by atoms with van der Waals surface area (Å²) in [6.07, 6.45) is 3.15. The second kappa shape index (κ2) is 6.36. The van der Waals surface area contributed by atoms with Crippen LogP contribution in [0.4, 0.5) is 0 Å². The average Bonchev–Trinajstić information content (AvgIpc) is 2.83. The third-order valence-electron chi connectivity index (χ3n) is 3.12. The van der Waals surface area contributed by atoms with Crippen LogP contribution in [0, 0.1) is 0 Å². The lowest BCUT2D eigenvalue weighted by Gasteiger charge is -2.07. The lowest BCUT2D eigenvalue weighted by Crippen LogP contribution is -2.17. The molecule has 4 nitrogen and oxygen atoms in total. The second-order valence-corrected chi connectivity index (χ2v) is 4.59. The first kappa shape index (κ1) is 13.6. The van der Waals surface area contributed by atoms with Gasteiger partial charge < -0.3 is 9.47 Å². The Labute approximate surface area is 112 Å². The van der Waals surface area contributed by atoms with Crippen molar-refractivity contribution in [3.63, 3.8) is 0 Å². The predicted octanol–water partition coefficient (Wildman–Crippen LogP) is 2.08. The lowest BCUT2D eigenvalue weighted by molar-refractivity contribution is -0.145. The molecule has 1 aliphatic rings. The van der Waals surface area contributed by atoms with Crippen molar-refractivity contribution in [3.8, 4) is 5.75 Å². The minimum Gasteiger partial charge on any atom is -0.486 e. The smallest absolute Gasteiger partial charge is 0.313 e. The fourth-order valence-electron chi connectivity index (χ4n) is 2.23. The molecule has 0 amide bonds. The number of Topliss-reactive ketones (excluding diaryl/α,β-unsaturated/α-hetero) is 1. The van der Waals surface area contributed by atoms with Crippen molar-refractivity contribution in [2.75, 3.05) is 13.2 Å². The van der Waals surface area contributed by atoms with E-state index >= 15 is 0 Å². The molecule has 1 aromatic carbocycles. The number of ketones is 1. The molecule has 0 aromatic heterocycles. The van der Waals surface area contributed by atoms with E-state index in [1.807, 2.05) is 18.2 Å². The van der Waals surface area contributed by atoms with Crippen LogP contribution in [-0.2, 0) is 27.2 Å². The van der Waals surface area contributed by atoms with Crippen LogP contribution in [0.15, 0.2) is 18.2 Å². The van der Waals surface area contributed by atoms with Gasteiger partial charge in [-0.2, -0.15) is 0 Å². The number of hydrogen-bond acceptors (Lipinski definition) is 4. The van der Waals surface area contributed by atoms with Crippen molar-refractivity contribution < 1.29 is 19.1 Å². The molecule has 1 aromatic rings. The standard InChI is InChI=1S/C15H18O4/c1-2-18-15(17)9-13(16)10-19-14-7-6-11-4-3-5-12(11)8-14/h6-8H,2-5,9-10H2,1H3. The lowest BCUT2D eigenvalue weighted by atomic mass is 10.1. The van der Waals surface area contributed by atoms with Gasteiger partial charge in [0.2, 0.25) is 0 Å². The molecule has 102 valence electrons. The van der Waals surface area contributed by atoms with E-state index in [1.54, 1.807) is 6.92 Å². The molecule has 0 fully saturated rings. The highest BCUT2D eigenvalue weighted by Crippen LogP contribution is 2.25. The van der Waals surface area contributed by atoms with Crippen LogP contribution >= 0.6 is 0 Å². The van der Waals surface area contributed by atoms with Gasteiger partial charge in [-0.1, -0.05) is 6.07 Å². The maximum atomic E-state index is 11.5. The fraction of sp³-hybridized carbons (Fsp3) is 0.467. The topological polar surface area (TPSA) is 52.6 Å². The predicted molar refractivity (Wildman–Crippen MR) is 70.2 cm³/mol. The molecule has 0 atom stereocenters. The van der Waals surface area contributed by atoms with Crippen molar-refractivity contribution in [1.82, 2.24) is 0 Å². The van der Waals surface area contributed by atoms with Gasteiger partial charge >= 0.3 is 5.97 Å². The van der Waals surface area contributed by atoms with Crippen molar-refractivity contribution in [1.29, 1.82) is 0 Å². The van der Waals surface area contributed by atoms with Gasteiger partial charge in [0.15, 0.2) is 5.78 Å². The summed E-state index contributed by atoms with van der Waals surface area (Å²) in [7, 11) is 0.